The second-order valence-corrected chi connectivity index (χ2v) is 5.26. The van der Waals surface area contributed by atoms with Gasteiger partial charge >= 0.3 is 6.18 Å². The maximum absolute atomic E-state index is 12.1. The number of rotatable bonds is 3. The van der Waals surface area contributed by atoms with E-state index in [0.29, 0.717) is 19.3 Å². The van der Waals surface area contributed by atoms with Gasteiger partial charge in [0.05, 0.1) is 12.1 Å². The number of carbonyl (C=O) groups excluding carboxylic acids is 1. The van der Waals surface area contributed by atoms with Crippen molar-refractivity contribution in [3.05, 3.63) is 0 Å². The van der Waals surface area contributed by atoms with Gasteiger partial charge in [-0.15, -0.1) is 0 Å². The normalized spacial score (nSPS) is 29.3. The third kappa shape index (κ3) is 3.10. The summed E-state index contributed by atoms with van der Waals surface area (Å²) in [5.74, 6) is -0.692. The van der Waals surface area contributed by atoms with Crippen LogP contribution in [0.5, 0.6) is 0 Å². The summed E-state index contributed by atoms with van der Waals surface area (Å²) in [6.45, 7) is 2.67. The van der Waals surface area contributed by atoms with Gasteiger partial charge in [0.2, 0.25) is 5.91 Å². The van der Waals surface area contributed by atoms with Crippen LogP contribution in [0.4, 0.5) is 13.2 Å². The average Bonchev–Trinajstić information content (AvgIpc) is 2.38. The van der Waals surface area contributed by atoms with Crippen LogP contribution in [0.2, 0.25) is 0 Å². The predicted molar refractivity (Wildman–Crippen MR) is 53.6 cm³/mol. The zero-order chi connectivity index (χ0) is 12.6. The van der Waals surface area contributed by atoms with E-state index in [1.807, 2.05) is 13.8 Å². The van der Waals surface area contributed by atoms with Crippen LogP contribution in [0.25, 0.3) is 0 Å². The fourth-order valence-electron chi connectivity index (χ4n) is 2.26. The Morgan fingerprint density at radius 1 is 1.38 bits per heavy atom. The Labute approximate surface area is 92.6 Å². The molecule has 16 heavy (non-hydrogen) atoms. The number of amides is 1. The van der Waals surface area contributed by atoms with Crippen LogP contribution in [0.3, 0.4) is 0 Å². The van der Waals surface area contributed by atoms with Crippen molar-refractivity contribution >= 4 is 5.91 Å². The first-order valence-corrected chi connectivity index (χ1v) is 5.18. The minimum absolute atomic E-state index is 0.145. The molecule has 0 aromatic carbocycles. The smallest absolute Gasteiger partial charge is 0.368 e. The van der Waals surface area contributed by atoms with Gasteiger partial charge in [0.25, 0.3) is 0 Å². The summed E-state index contributed by atoms with van der Waals surface area (Å²) < 4.78 is 36.4. The van der Waals surface area contributed by atoms with E-state index in [0.717, 1.165) is 0 Å². The number of nitrogens with two attached hydrogens (primary N) is 1. The lowest BCUT2D eigenvalue weighted by Gasteiger charge is -2.29. The van der Waals surface area contributed by atoms with Crippen molar-refractivity contribution in [3.63, 3.8) is 0 Å². The van der Waals surface area contributed by atoms with E-state index in [9.17, 15) is 18.0 Å². The summed E-state index contributed by atoms with van der Waals surface area (Å²) in [4.78, 5) is 11.3. The highest BCUT2D eigenvalue weighted by Crippen LogP contribution is 2.43. The van der Waals surface area contributed by atoms with Gasteiger partial charge in [0.1, 0.15) is 0 Å². The van der Waals surface area contributed by atoms with Crippen LogP contribution in [0.15, 0.2) is 0 Å². The van der Waals surface area contributed by atoms with Gasteiger partial charge in [0.15, 0.2) is 0 Å². The topological polar surface area (TPSA) is 55.1 Å². The van der Waals surface area contributed by atoms with Crippen LogP contribution in [-0.4, -0.2) is 24.2 Å². The first-order chi connectivity index (χ1) is 7.06. The van der Waals surface area contributed by atoms with E-state index < -0.39 is 24.2 Å². The Morgan fingerprint density at radius 3 is 2.25 bits per heavy atom. The number of hydrogen-bond acceptors (Lipinski definition) is 2. The molecular formula is C10H17F3N2O. The Bertz CT molecular complexity index is 288. The van der Waals surface area contributed by atoms with E-state index in [-0.39, 0.29) is 5.41 Å². The molecule has 94 valence electrons. The summed E-state index contributed by atoms with van der Waals surface area (Å²) in [5.41, 5.74) is 3.87. The molecule has 1 aliphatic rings. The number of nitrogens with one attached hydrogen (secondary N) is 1. The van der Waals surface area contributed by atoms with Crippen LogP contribution in [-0.2, 0) is 4.79 Å². The standard InChI is InChI=1S/C10H17F3N2O/c1-8(2)3-4-9(5-8,7(14)16)15-6-10(11,12)13/h15H,3-6H2,1-2H3,(H2,14,16). The van der Waals surface area contributed by atoms with Crippen LogP contribution in [0, 0.1) is 5.41 Å². The molecule has 0 radical (unpaired) electrons. The Hall–Kier alpha value is -0.780. The first kappa shape index (κ1) is 13.3. The highest BCUT2D eigenvalue weighted by Gasteiger charge is 2.48. The lowest BCUT2D eigenvalue weighted by molar-refractivity contribution is -0.136. The maximum atomic E-state index is 12.1. The molecule has 1 atom stereocenters. The van der Waals surface area contributed by atoms with Crippen LogP contribution in [0.1, 0.15) is 33.1 Å². The van der Waals surface area contributed by atoms with Gasteiger partial charge in [-0.1, -0.05) is 13.8 Å². The highest BCUT2D eigenvalue weighted by molar-refractivity contribution is 5.85. The summed E-state index contributed by atoms with van der Waals surface area (Å²) in [7, 11) is 0. The minimum Gasteiger partial charge on any atom is -0.368 e. The summed E-state index contributed by atoms with van der Waals surface area (Å²) >= 11 is 0. The van der Waals surface area contributed by atoms with Crippen molar-refractivity contribution in [2.45, 2.75) is 44.8 Å². The Balaban J connectivity index is 2.73. The van der Waals surface area contributed by atoms with Crippen LogP contribution >= 0.6 is 0 Å². The molecule has 3 N–H and O–H groups in total. The zero-order valence-corrected chi connectivity index (χ0v) is 9.45. The fraction of sp³-hybridized carbons (Fsp3) is 0.900. The molecule has 1 unspecified atom stereocenters. The van der Waals surface area contributed by atoms with Crippen molar-refractivity contribution in [1.82, 2.24) is 5.32 Å². The van der Waals surface area contributed by atoms with E-state index in [4.69, 9.17) is 5.73 Å². The van der Waals surface area contributed by atoms with Crippen molar-refractivity contribution in [2.24, 2.45) is 11.1 Å². The highest BCUT2D eigenvalue weighted by atomic mass is 19.4. The molecule has 0 bridgehead atoms. The lowest BCUT2D eigenvalue weighted by Crippen LogP contribution is -2.56. The van der Waals surface area contributed by atoms with Gasteiger partial charge in [-0.25, -0.2) is 0 Å². The average molecular weight is 238 g/mol. The number of alkyl halides is 3. The number of carbonyl (C=O) groups is 1. The molecule has 1 aliphatic carbocycles. The minimum atomic E-state index is -4.32. The summed E-state index contributed by atoms with van der Waals surface area (Å²) in [6, 6.07) is 0. The van der Waals surface area contributed by atoms with Crippen molar-refractivity contribution < 1.29 is 18.0 Å². The molecular weight excluding hydrogens is 221 g/mol. The second-order valence-electron chi connectivity index (χ2n) is 5.26. The monoisotopic (exact) mass is 238 g/mol. The molecule has 1 amide bonds. The van der Waals surface area contributed by atoms with Gasteiger partial charge in [0, 0.05) is 0 Å². The molecule has 0 saturated heterocycles. The molecule has 0 aromatic rings. The number of hydrogen-bond donors (Lipinski definition) is 2. The molecule has 3 nitrogen and oxygen atoms in total. The predicted octanol–water partition coefficient (Wildman–Crippen LogP) is 1.57. The van der Waals surface area contributed by atoms with E-state index in [1.54, 1.807) is 0 Å². The van der Waals surface area contributed by atoms with Gasteiger partial charge < -0.3 is 5.73 Å². The fourth-order valence-corrected chi connectivity index (χ4v) is 2.26. The van der Waals surface area contributed by atoms with Gasteiger partial charge in [-0.2, -0.15) is 13.2 Å². The van der Waals surface area contributed by atoms with E-state index >= 15 is 0 Å². The third-order valence-electron chi connectivity index (χ3n) is 3.11. The molecule has 1 saturated carbocycles. The van der Waals surface area contributed by atoms with Gasteiger partial charge in [-0.05, 0) is 24.7 Å². The van der Waals surface area contributed by atoms with Crippen molar-refractivity contribution in [1.29, 1.82) is 0 Å². The Morgan fingerprint density at radius 2 is 1.94 bits per heavy atom. The van der Waals surface area contributed by atoms with Crippen molar-refractivity contribution in [2.75, 3.05) is 6.54 Å². The largest absolute Gasteiger partial charge is 0.401 e. The molecule has 1 rings (SSSR count). The quantitative estimate of drug-likeness (QED) is 0.784. The lowest BCUT2D eigenvalue weighted by atomic mass is 9.87. The van der Waals surface area contributed by atoms with Crippen LogP contribution < -0.4 is 11.1 Å². The molecule has 1 fully saturated rings. The number of primary amides is 1. The first-order valence-electron chi connectivity index (χ1n) is 5.18. The summed E-state index contributed by atoms with van der Waals surface area (Å²) in [6.07, 6.45) is -2.91. The molecule has 0 heterocycles. The van der Waals surface area contributed by atoms with E-state index in [2.05, 4.69) is 5.32 Å². The van der Waals surface area contributed by atoms with E-state index in [1.165, 1.54) is 0 Å². The van der Waals surface area contributed by atoms with Gasteiger partial charge in [-0.3, -0.25) is 10.1 Å². The molecule has 6 heteroatoms. The molecule has 0 aromatic heterocycles. The third-order valence-corrected chi connectivity index (χ3v) is 3.11. The zero-order valence-electron chi connectivity index (χ0n) is 9.45. The molecule has 0 aliphatic heterocycles. The number of halogens is 3. The second kappa shape index (κ2) is 3.91. The molecule has 0 spiro atoms. The maximum Gasteiger partial charge on any atom is 0.401 e. The summed E-state index contributed by atoms with van der Waals surface area (Å²) in [5, 5.41) is 2.29. The van der Waals surface area contributed by atoms with Crippen molar-refractivity contribution in [3.8, 4) is 0 Å². The SMILES string of the molecule is CC1(C)CCC(NCC(F)(F)F)(C(N)=O)C1. The Kier molecular flexibility index (Phi) is 3.24.